The highest BCUT2D eigenvalue weighted by Gasteiger charge is 2.16. The van der Waals surface area contributed by atoms with Gasteiger partial charge in [0.05, 0.1) is 0 Å². The van der Waals surface area contributed by atoms with Gasteiger partial charge in [-0.3, -0.25) is 4.79 Å². The molecule has 3 N–H and O–H groups in total. The van der Waals surface area contributed by atoms with E-state index in [9.17, 15) is 20.1 Å². The van der Waals surface area contributed by atoms with Crippen LogP contribution in [0.3, 0.4) is 0 Å². The molecule has 4 nitrogen and oxygen atoms in total. The molecule has 5 heteroatoms. The van der Waals surface area contributed by atoms with Crippen molar-refractivity contribution in [2.45, 2.75) is 13.0 Å². The molecule has 94 valence electrons. The van der Waals surface area contributed by atoms with Gasteiger partial charge in [0, 0.05) is 4.88 Å². The lowest BCUT2D eigenvalue weighted by Crippen LogP contribution is -1.98. The van der Waals surface area contributed by atoms with Crippen LogP contribution in [-0.4, -0.2) is 15.3 Å². The first kappa shape index (κ1) is 12.6. The average molecular weight is 264 g/mol. The molecule has 0 radical (unpaired) electrons. The van der Waals surface area contributed by atoms with Crippen LogP contribution in [0, 0.1) is 6.92 Å². The van der Waals surface area contributed by atoms with Gasteiger partial charge in [0.1, 0.15) is 6.10 Å². The Kier molecular flexibility index (Phi) is 3.36. The Bertz CT molecular complexity index is 620. The SMILES string of the molecule is Cc1cc(O)c(=O)c(O)cc1C(O)c1cccs1. The van der Waals surface area contributed by atoms with Crippen molar-refractivity contribution >= 4 is 11.3 Å². The van der Waals surface area contributed by atoms with Crippen molar-refractivity contribution in [3.8, 4) is 11.5 Å². The van der Waals surface area contributed by atoms with E-state index in [1.807, 2.05) is 5.38 Å². The summed E-state index contributed by atoms with van der Waals surface area (Å²) in [4.78, 5) is 12.1. The van der Waals surface area contributed by atoms with Crippen LogP contribution in [0.15, 0.2) is 34.4 Å². The lowest BCUT2D eigenvalue weighted by atomic mass is 10.1. The molecular weight excluding hydrogens is 252 g/mol. The number of aromatic hydroxyl groups is 2. The summed E-state index contributed by atoms with van der Waals surface area (Å²) >= 11 is 1.37. The van der Waals surface area contributed by atoms with Gasteiger partial charge < -0.3 is 15.3 Å². The molecule has 0 amide bonds. The van der Waals surface area contributed by atoms with Crippen molar-refractivity contribution in [3.63, 3.8) is 0 Å². The molecule has 0 aliphatic rings. The van der Waals surface area contributed by atoms with Crippen molar-refractivity contribution in [1.82, 2.24) is 0 Å². The highest BCUT2D eigenvalue weighted by molar-refractivity contribution is 7.10. The molecule has 1 aromatic heterocycles. The van der Waals surface area contributed by atoms with E-state index in [4.69, 9.17) is 0 Å². The van der Waals surface area contributed by atoms with Crippen LogP contribution >= 0.6 is 11.3 Å². The minimum atomic E-state index is -0.929. The van der Waals surface area contributed by atoms with Crippen LogP contribution in [0.5, 0.6) is 11.5 Å². The van der Waals surface area contributed by atoms with Gasteiger partial charge in [-0.15, -0.1) is 11.3 Å². The minimum absolute atomic E-state index is 0.396. The maximum atomic E-state index is 11.4. The first-order valence-corrected chi connectivity index (χ1v) is 6.17. The number of aliphatic hydroxyl groups is 1. The minimum Gasteiger partial charge on any atom is -0.504 e. The summed E-state index contributed by atoms with van der Waals surface area (Å²) in [6.07, 6.45) is -0.929. The molecule has 1 aromatic carbocycles. The van der Waals surface area contributed by atoms with Gasteiger partial charge in [-0.2, -0.15) is 0 Å². The molecule has 0 aliphatic carbocycles. The van der Waals surface area contributed by atoms with Gasteiger partial charge in [0.25, 0.3) is 5.43 Å². The van der Waals surface area contributed by atoms with Gasteiger partial charge >= 0.3 is 0 Å². The molecule has 0 saturated heterocycles. The Morgan fingerprint density at radius 2 is 1.89 bits per heavy atom. The number of thiophene rings is 1. The predicted molar refractivity (Wildman–Crippen MR) is 69.2 cm³/mol. The second-order valence-electron chi connectivity index (χ2n) is 3.94. The molecule has 1 heterocycles. The maximum Gasteiger partial charge on any atom is 0.261 e. The van der Waals surface area contributed by atoms with Crippen LogP contribution in [0.4, 0.5) is 0 Å². The molecule has 2 rings (SSSR count). The Hall–Kier alpha value is -1.85. The lowest BCUT2D eigenvalue weighted by Gasteiger charge is -2.09. The monoisotopic (exact) mass is 264 g/mol. The zero-order chi connectivity index (χ0) is 13.3. The number of hydrogen-bond donors (Lipinski definition) is 3. The highest BCUT2D eigenvalue weighted by atomic mass is 32.1. The van der Waals surface area contributed by atoms with Crippen LogP contribution in [0.1, 0.15) is 22.1 Å². The third-order valence-electron chi connectivity index (χ3n) is 2.67. The first-order valence-electron chi connectivity index (χ1n) is 5.29. The largest absolute Gasteiger partial charge is 0.504 e. The molecule has 2 aromatic rings. The summed E-state index contributed by atoms with van der Waals surface area (Å²) in [5.41, 5.74) is 0.0841. The quantitative estimate of drug-likeness (QED) is 0.774. The van der Waals surface area contributed by atoms with E-state index < -0.39 is 23.0 Å². The van der Waals surface area contributed by atoms with E-state index in [1.54, 1.807) is 19.1 Å². The summed E-state index contributed by atoms with van der Waals surface area (Å²) in [7, 11) is 0. The maximum absolute atomic E-state index is 11.4. The lowest BCUT2D eigenvalue weighted by molar-refractivity contribution is 0.223. The fourth-order valence-electron chi connectivity index (χ4n) is 1.71. The summed E-state index contributed by atoms with van der Waals surface area (Å²) in [6.45, 7) is 1.66. The Morgan fingerprint density at radius 1 is 1.22 bits per heavy atom. The normalized spacial score (nSPS) is 12.3. The van der Waals surface area contributed by atoms with Crippen LogP contribution < -0.4 is 5.43 Å². The van der Waals surface area contributed by atoms with Crippen LogP contribution in [0.2, 0.25) is 0 Å². The van der Waals surface area contributed by atoms with Gasteiger partial charge in [-0.05, 0) is 41.6 Å². The van der Waals surface area contributed by atoms with Crippen LogP contribution in [-0.2, 0) is 0 Å². The zero-order valence-corrected chi connectivity index (χ0v) is 10.4. The Balaban J connectivity index is 2.63. The smallest absolute Gasteiger partial charge is 0.261 e. The molecule has 0 bridgehead atoms. The summed E-state index contributed by atoms with van der Waals surface area (Å²) < 4.78 is 0. The van der Waals surface area contributed by atoms with E-state index in [1.165, 1.54) is 23.5 Å². The van der Waals surface area contributed by atoms with Crippen molar-refractivity contribution in [2.24, 2.45) is 0 Å². The molecule has 0 aliphatic heterocycles. The summed E-state index contributed by atoms with van der Waals surface area (Å²) in [5, 5.41) is 31.0. The second-order valence-corrected chi connectivity index (χ2v) is 4.92. The van der Waals surface area contributed by atoms with E-state index in [0.717, 1.165) is 0 Å². The molecule has 1 unspecified atom stereocenters. The molecule has 0 spiro atoms. The van der Waals surface area contributed by atoms with E-state index in [0.29, 0.717) is 16.0 Å². The third kappa shape index (κ3) is 2.23. The molecule has 1 atom stereocenters. The Labute approximate surface area is 107 Å². The van der Waals surface area contributed by atoms with Crippen molar-refractivity contribution < 1.29 is 15.3 Å². The number of hydrogen-bond acceptors (Lipinski definition) is 5. The van der Waals surface area contributed by atoms with E-state index in [2.05, 4.69) is 0 Å². The van der Waals surface area contributed by atoms with Gasteiger partial charge in [-0.25, -0.2) is 0 Å². The highest BCUT2D eigenvalue weighted by Crippen LogP contribution is 2.29. The third-order valence-corrected chi connectivity index (χ3v) is 3.60. The fourth-order valence-corrected chi connectivity index (χ4v) is 2.43. The first-order chi connectivity index (χ1) is 8.50. The standard InChI is InChI=1S/C13H12O4S/c1-7-5-9(14)13(17)10(15)6-8(7)12(16)11-3-2-4-18-11/h2-6,12,16H,1H3,(H2,14,15,17). The number of aliphatic hydroxyl groups excluding tert-OH is 1. The van der Waals surface area contributed by atoms with E-state index in [-0.39, 0.29) is 0 Å². The zero-order valence-electron chi connectivity index (χ0n) is 9.62. The fraction of sp³-hybridized carbons (Fsp3) is 0.154. The molecule has 0 saturated carbocycles. The average Bonchev–Trinajstić information content (AvgIpc) is 2.84. The van der Waals surface area contributed by atoms with Crippen molar-refractivity contribution in [2.75, 3.05) is 0 Å². The van der Waals surface area contributed by atoms with Crippen molar-refractivity contribution in [1.29, 1.82) is 0 Å². The summed E-state index contributed by atoms with van der Waals surface area (Å²) in [6, 6.07) is 6.00. The van der Waals surface area contributed by atoms with Crippen LogP contribution in [0.25, 0.3) is 0 Å². The molecule has 0 fully saturated rings. The molecule has 18 heavy (non-hydrogen) atoms. The topological polar surface area (TPSA) is 77.8 Å². The van der Waals surface area contributed by atoms with Crippen molar-refractivity contribution in [3.05, 3.63) is 55.9 Å². The molecular formula is C13H12O4S. The summed E-state index contributed by atoms with van der Waals surface area (Å²) in [5.74, 6) is -1.11. The van der Waals surface area contributed by atoms with Gasteiger partial charge in [0.15, 0.2) is 11.5 Å². The Morgan fingerprint density at radius 3 is 2.50 bits per heavy atom. The van der Waals surface area contributed by atoms with Gasteiger partial charge in [0.2, 0.25) is 0 Å². The number of aryl methyl sites for hydroxylation is 1. The van der Waals surface area contributed by atoms with Gasteiger partial charge in [-0.1, -0.05) is 6.07 Å². The number of rotatable bonds is 2. The van der Waals surface area contributed by atoms with E-state index >= 15 is 0 Å². The predicted octanol–water partition coefficient (Wildman–Crippen LogP) is 1.91. The second kappa shape index (κ2) is 4.80.